The van der Waals surface area contributed by atoms with Gasteiger partial charge in [-0.25, -0.2) is 17.6 Å². The molecule has 0 heterocycles. The number of benzene rings is 2. The molecule has 0 unspecified atom stereocenters. The van der Waals surface area contributed by atoms with E-state index < -0.39 is 70.0 Å². The molecule has 33 heavy (non-hydrogen) atoms. The van der Waals surface area contributed by atoms with Crippen LogP contribution in [-0.2, 0) is 0 Å². The highest BCUT2D eigenvalue weighted by Crippen LogP contribution is 2.41. The molecule has 0 radical (unpaired) electrons. The monoisotopic (exact) mass is 482 g/mol. The minimum Gasteiger partial charge on any atom is -0.432 e. The average Bonchev–Trinajstić information content (AvgIpc) is 2.66. The maximum absolute atomic E-state index is 14.6. The fourth-order valence-corrected chi connectivity index (χ4v) is 3.79. The maximum Gasteiger partial charge on any atom is 0.409 e. The molecule has 0 aromatic heterocycles. The Morgan fingerprint density at radius 3 is 1.79 bits per heavy atom. The Labute approximate surface area is 183 Å². The second-order valence-corrected chi connectivity index (χ2v) is 8.11. The summed E-state index contributed by atoms with van der Waals surface area (Å²) in [5, 5.41) is 0. The third-order valence-corrected chi connectivity index (χ3v) is 5.57. The Morgan fingerprint density at radius 2 is 1.30 bits per heavy atom. The molecule has 1 saturated carbocycles. The Hall–Kier alpha value is -2.65. The molecule has 0 amide bonds. The minimum atomic E-state index is -4.83. The van der Waals surface area contributed by atoms with E-state index in [1.807, 2.05) is 6.92 Å². The van der Waals surface area contributed by atoms with Crippen LogP contribution in [0, 0.1) is 35.1 Å². The van der Waals surface area contributed by atoms with Crippen molar-refractivity contribution < 1.29 is 44.3 Å². The minimum absolute atomic E-state index is 0.145. The van der Waals surface area contributed by atoms with Crippen molar-refractivity contribution in [3.8, 4) is 16.9 Å². The molecule has 0 aliphatic heterocycles. The fraction of sp³-hybridized carbons (Fsp3) is 0.391. The Kier molecular flexibility index (Phi) is 7.04. The Balaban J connectivity index is 1.88. The molecule has 2 aromatic carbocycles. The van der Waals surface area contributed by atoms with Gasteiger partial charge in [0.05, 0.1) is 11.5 Å². The number of hydrogen-bond donors (Lipinski definition) is 0. The van der Waals surface area contributed by atoms with Crippen LogP contribution in [0.4, 0.5) is 39.5 Å². The topological polar surface area (TPSA) is 9.23 Å². The number of alkyl halides is 5. The molecule has 2 aromatic rings. The number of halogens is 9. The maximum atomic E-state index is 14.6. The van der Waals surface area contributed by atoms with E-state index in [0.717, 1.165) is 0 Å². The molecule has 0 spiro atoms. The van der Waals surface area contributed by atoms with Gasteiger partial charge in [-0.1, -0.05) is 19.8 Å². The van der Waals surface area contributed by atoms with E-state index in [-0.39, 0.29) is 18.9 Å². The van der Waals surface area contributed by atoms with Crippen LogP contribution in [0.2, 0.25) is 0 Å². The first-order valence-electron chi connectivity index (χ1n) is 10.1. The number of rotatable bonds is 5. The average molecular weight is 482 g/mol. The summed E-state index contributed by atoms with van der Waals surface area (Å²) < 4.78 is 128. The molecule has 0 atom stereocenters. The number of ether oxygens (including phenoxy) is 1. The molecular weight excluding hydrogens is 463 g/mol. The van der Waals surface area contributed by atoms with Gasteiger partial charge in [-0.2, -0.15) is 22.0 Å². The second kappa shape index (κ2) is 9.30. The standard InChI is InChI=1S/C23H19F9O/c1-12-2-4-14(5-3-12)23(31,32)33-15-10-19(26)21(20(27)11-15)13-8-17(24)16(18(25)9-13)6-7-22(28,29)30/h6-12,14H,2-5H2,1H3/b7-6+. The second-order valence-electron chi connectivity index (χ2n) is 8.11. The van der Waals surface area contributed by atoms with Crippen molar-refractivity contribution >= 4 is 6.08 Å². The zero-order valence-electron chi connectivity index (χ0n) is 17.3. The van der Waals surface area contributed by atoms with Crippen molar-refractivity contribution in [1.82, 2.24) is 0 Å². The van der Waals surface area contributed by atoms with Gasteiger partial charge in [-0.3, -0.25) is 0 Å². The van der Waals surface area contributed by atoms with Gasteiger partial charge in [0.2, 0.25) is 0 Å². The molecule has 0 saturated heterocycles. The number of allylic oxidation sites excluding steroid dienone is 1. The summed E-state index contributed by atoms with van der Waals surface area (Å²) in [5.41, 5.74) is -2.66. The van der Waals surface area contributed by atoms with Crippen LogP contribution < -0.4 is 4.74 Å². The van der Waals surface area contributed by atoms with E-state index in [1.54, 1.807) is 0 Å². The van der Waals surface area contributed by atoms with Gasteiger partial charge in [0.15, 0.2) is 0 Å². The zero-order chi connectivity index (χ0) is 24.6. The Bertz CT molecular complexity index is 989. The summed E-state index contributed by atoms with van der Waals surface area (Å²) >= 11 is 0. The summed E-state index contributed by atoms with van der Waals surface area (Å²) in [5.74, 6) is -7.50. The van der Waals surface area contributed by atoms with Crippen LogP contribution in [0.15, 0.2) is 30.3 Å². The highest BCUT2D eigenvalue weighted by atomic mass is 19.4. The highest BCUT2D eigenvalue weighted by Gasteiger charge is 2.43. The van der Waals surface area contributed by atoms with E-state index in [9.17, 15) is 39.5 Å². The molecule has 10 heteroatoms. The summed E-state index contributed by atoms with van der Waals surface area (Å²) in [6, 6.07) is 1.81. The first-order chi connectivity index (χ1) is 15.3. The largest absolute Gasteiger partial charge is 0.432 e. The van der Waals surface area contributed by atoms with Gasteiger partial charge in [0.1, 0.15) is 29.0 Å². The van der Waals surface area contributed by atoms with E-state index in [2.05, 4.69) is 4.74 Å². The quantitative estimate of drug-likeness (QED) is 0.390. The molecule has 1 nitrogen and oxygen atoms in total. The lowest BCUT2D eigenvalue weighted by Crippen LogP contribution is -2.37. The molecular formula is C23H19F9O. The van der Waals surface area contributed by atoms with E-state index in [0.29, 0.717) is 43.0 Å². The van der Waals surface area contributed by atoms with Crippen molar-refractivity contribution in [3.05, 3.63) is 59.2 Å². The molecule has 0 N–H and O–H groups in total. The van der Waals surface area contributed by atoms with Crippen LogP contribution in [0.5, 0.6) is 5.75 Å². The van der Waals surface area contributed by atoms with E-state index in [4.69, 9.17) is 0 Å². The lowest BCUT2D eigenvalue weighted by atomic mass is 9.82. The normalized spacial score (nSPS) is 19.8. The van der Waals surface area contributed by atoms with Crippen LogP contribution >= 0.6 is 0 Å². The summed E-state index contributed by atoms with van der Waals surface area (Å²) in [7, 11) is 0. The SMILES string of the molecule is CC1CCC(C(F)(F)Oc2cc(F)c(-c3cc(F)c(/C=C/C(F)(F)F)c(F)c3)c(F)c2)CC1. The molecule has 1 fully saturated rings. The first-order valence-corrected chi connectivity index (χ1v) is 10.1. The predicted octanol–water partition coefficient (Wildman–Crippen LogP) is 8.28. The van der Waals surface area contributed by atoms with E-state index >= 15 is 0 Å². The highest BCUT2D eigenvalue weighted by molar-refractivity contribution is 5.68. The van der Waals surface area contributed by atoms with Crippen LogP contribution in [0.3, 0.4) is 0 Å². The predicted molar refractivity (Wildman–Crippen MR) is 103 cm³/mol. The molecule has 0 bridgehead atoms. The van der Waals surface area contributed by atoms with Crippen LogP contribution in [0.25, 0.3) is 17.2 Å². The van der Waals surface area contributed by atoms with Gasteiger partial charge < -0.3 is 4.74 Å². The lowest BCUT2D eigenvalue weighted by molar-refractivity contribution is -0.223. The number of hydrogen-bond acceptors (Lipinski definition) is 1. The third kappa shape index (κ3) is 6.03. The third-order valence-electron chi connectivity index (χ3n) is 5.57. The molecule has 3 rings (SSSR count). The summed E-state index contributed by atoms with van der Waals surface area (Å²) in [6.07, 6.45) is -7.25. The van der Waals surface area contributed by atoms with E-state index in [1.165, 1.54) is 0 Å². The van der Waals surface area contributed by atoms with Crippen LogP contribution in [-0.4, -0.2) is 12.3 Å². The van der Waals surface area contributed by atoms with Crippen molar-refractivity contribution in [1.29, 1.82) is 0 Å². The van der Waals surface area contributed by atoms with Gasteiger partial charge in [0.25, 0.3) is 0 Å². The van der Waals surface area contributed by atoms with Gasteiger partial charge in [-0.15, -0.1) is 0 Å². The van der Waals surface area contributed by atoms with Crippen molar-refractivity contribution in [2.24, 2.45) is 11.8 Å². The summed E-state index contributed by atoms with van der Waals surface area (Å²) in [4.78, 5) is 0. The Morgan fingerprint density at radius 1 is 0.788 bits per heavy atom. The van der Waals surface area contributed by atoms with Crippen molar-refractivity contribution in [3.63, 3.8) is 0 Å². The van der Waals surface area contributed by atoms with Crippen molar-refractivity contribution in [2.75, 3.05) is 0 Å². The van der Waals surface area contributed by atoms with Gasteiger partial charge >= 0.3 is 12.3 Å². The fourth-order valence-electron chi connectivity index (χ4n) is 3.79. The lowest BCUT2D eigenvalue weighted by Gasteiger charge is -2.32. The van der Waals surface area contributed by atoms with Crippen LogP contribution in [0.1, 0.15) is 38.2 Å². The first kappa shape index (κ1) is 25.0. The van der Waals surface area contributed by atoms with Crippen molar-refractivity contribution in [2.45, 2.75) is 44.9 Å². The summed E-state index contributed by atoms with van der Waals surface area (Å²) in [6.45, 7) is 1.93. The van der Waals surface area contributed by atoms with Gasteiger partial charge in [-0.05, 0) is 42.5 Å². The molecule has 1 aliphatic rings. The zero-order valence-corrected chi connectivity index (χ0v) is 17.3. The smallest absolute Gasteiger partial charge is 0.409 e. The molecule has 180 valence electrons. The van der Waals surface area contributed by atoms with Gasteiger partial charge in [0, 0.05) is 23.8 Å². The molecule has 1 aliphatic carbocycles.